The lowest BCUT2D eigenvalue weighted by Crippen LogP contribution is -2.17. The fourth-order valence-electron chi connectivity index (χ4n) is 1.11. The van der Waals surface area contributed by atoms with Crippen molar-refractivity contribution in [3.63, 3.8) is 0 Å². The van der Waals surface area contributed by atoms with Gasteiger partial charge in [-0.2, -0.15) is 5.26 Å². The Morgan fingerprint density at radius 1 is 1.70 bits per heavy atom. The van der Waals surface area contributed by atoms with Crippen LogP contribution in [0, 0.1) is 17.2 Å². The first-order valence-electron chi connectivity index (χ1n) is 3.51. The van der Waals surface area contributed by atoms with Crippen LogP contribution in [0.1, 0.15) is 12.8 Å². The third kappa shape index (κ3) is 1.58. The van der Waals surface area contributed by atoms with E-state index >= 15 is 0 Å². The average Bonchev–Trinajstić information content (AvgIpc) is 2.05. The normalized spacial score (nSPS) is 25.3. The van der Waals surface area contributed by atoms with Crippen molar-refractivity contribution in [2.45, 2.75) is 12.8 Å². The van der Waals surface area contributed by atoms with Crippen LogP contribution in [0.25, 0.3) is 0 Å². The molecule has 0 radical (unpaired) electrons. The standard InChI is InChI=1S/C8H11NO/c1-7(5-9)8-3-2-4-10-6-8/h8H,1-4,6H2. The van der Waals surface area contributed by atoms with Crippen LogP contribution in [-0.2, 0) is 4.74 Å². The molecule has 0 aromatic rings. The van der Waals surface area contributed by atoms with Crippen molar-refractivity contribution in [3.05, 3.63) is 12.2 Å². The van der Waals surface area contributed by atoms with Gasteiger partial charge in [-0.15, -0.1) is 0 Å². The highest BCUT2D eigenvalue weighted by atomic mass is 16.5. The highest BCUT2D eigenvalue weighted by Crippen LogP contribution is 2.19. The van der Waals surface area contributed by atoms with Gasteiger partial charge < -0.3 is 4.74 Å². The maximum atomic E-state index is 8.48. The molecule has 1 aliphatic rings. The second-order valence-corrected chi connectivity index (χ2v) is 2.55. The largest absolute Gasteiger partial charge is 0.381 e. The molecule has 0 aromatic heterocycles. The Morgan fingerprint density at radius 3 is 3.00 bits per heavy atom. The van der Waals surface area contributed by atoms with Gasteiger partial charge >= 0.3 is 0 Å². The van der Waals surface area contributed by atoms with Crippen LogP contribution < -0.4 is 0 Å². The molecule has 0 N–H and O–H groups in total. The molecule has 1 unspecified atom stereocenters. The van der Waals surface area contributed by atoms with Gasteiger partial charge in [0.15, 0.2) is 0 Å². The Balaban J connectivity index is 2.40. The van der Waals surface area contributed by atoms with Crippen molar-refractivity contribution >= 4 is 0 Å². The first kappa shape index (κ1) is 7.30. The summed E-state index contributed by atoms with van der Waals surface area (Å²) < 4.78 is 5.19. The lowest BCUT2D eigenvalue weighted by molar-refractivity contribution is 0.0688. The van der Waals surface area contributed by atoms with Gasteiger partial charge in [-0.25, -0.2) is 0 Å². The predicted molar refractivity (Wildman–Crippen MR) is 38.3 cm³/mol. The molecular weight excluding hydrogens is 126 g/mol. The molecular formula is C8H11NO. The van der Waals surface area contributed by atoms with Crippen molar-refractivity contribution in [1.29, 1.82) is 5.26 Å². The second-order valence-electron chi connectivity index (χ2n) is 2.55. The lowest BCUT2D eigenvalue weighted by Gasteiger charge is -2.20. The zero-order chi connectivity index (χ0) is 7.40. The summed E-state index contributed by atoms with van der Waals surface area (Å²) in [6.45, 7) is 5.19. The molecule has 1 rings (SSSR count). The minimum Gasteiger partial charge on any atom is -0.381 e. The summed E-state index contributed by atoms with van der Waals surface area (Å²) in [6.07, 6.45) is 2.12. The van der Waals surface area contributed by atoms with E-state index in [1.807, 2.05) is 0 Å². The Labute approximate surface area is 61.1 Å². The summed E-state index contributed by atoms with van der Waals surface area (Å²) in [4.78, 5) is 0. The van der Waals surface area contributed by atoms with Gasteiger partial charge in [0.2, 0.25) is 0 Å². The van der Waals surface area contributed by atoms with E-state index in [4.69, 9.17) is 10.00 Å². The Hall–Kier alpha value is -0.810. The molecule has 1 aliphatic heterocycles. The average molecular weight is 137 g/mol. The van der Waals surface area contributed by atoms with Crippen molar-refractivity contribution in [2.75, 3.05) is 13.2 Å². The molecule has 0 saturated carbocycles. The highest BCUT2D eigenvalue weighted by Gasteiger charge is 2.15. The summed E-state index contributed by atoms with van der Waals surface area (Å²) >= 11 is 0. The molecule has 0 amide bonds. The van der Waals surface area contributed by atoms with Gasteiger partial charge in [0.05, 0.1) is 12.7 Å². The van der Waals surface area contributed by atoms with Crippen LogP contribution in [0.15, 0.2) is 12.2 Å². The fraction of sp³-hybridized carbons (Fsp3) is 0.625. The Kier molecular flexibility index (Phi) is 2.47. The molecule has 0 bridgehead atoms. The summed E-state index contributed by atoms with van der Waals surface area (Å²) in [6, 6.07) is 2.06. The van der Waals surface area contributed by atoms with E-state index in [1.165, 1.54) is 0 Å². The second kappa shape index (κ2) is 3.38. The lowest BCUT2D eigenvalue weighted by atomic mass is 9.96. The van der Waals surface area contributed by atoms with Crippen molar-refractivity contribution in [3.8, 4) is 6.07 Å². The van der Waals surface area contributed by atoms with E-state index in [9.17, 15) is 0 Å². The van der Waals surface area contributed by atoms with Crippen molar-refractivity contribution in [2.24, 2.45) is 5.92 Å². The molecule has 0 aliphatic carbocycles. The molecule has 0 spiro atoms. The van der Waals surface area contributed by atoms with Crippen LogP contribution in [0.5, 0.6) is 0 Å². The van der Waals surface area contributed by atoms with E-state index in [2.05, 4.69) is 12.6 Å². The first-order valence-corrected chi connectivity index (χ1v) is 3.51. The zero-order valence-corrected chi connectivity index (χ0v) is 5.97. The smallest absolute Gasteiger partial charge is 0.0944 e. The zero-order valence-electron chi connectivity index (χ0n) is 5.97. The van der Waals surface area contributed by atoms with Gasteiger partial charge in [0.1, 0.15) is 0 Å². The molecule has 1 fully saturated rings. The fourth-order valence-corrected chi connectivity index (χ4v) is 1.11. The van der Waals surface area contributed by atoms with Crippen molar-refractivity contribution in [1.82, 2.24) is 0 Å². The minimum atomic E-state index is 0.291. The number of ether oxygens (including phenoxy) is 1. The van der Waals surface area contributed by atoms with Crippen LogP contribution in [0.2, 0.25) is 0 Å². The summed E-state index contributed by atoms with van der Waals surface area (Å²) in [5, 5.41) is 8.48. The number of nitriles is 1. The van der Waals surface area contributed by atoms with Gasteiger partial charge in [-0.3, -0.25) is 0 Å². The van der Waals surface area contributed by atoms with Gasteiger partial charge in [-0.1, -0.05) is 6.58 Å². The number of rotatable bonds is 1. The number of hydrogen-bond donors (Lipinski definition) is 0. The molecule has 10 heavy (non-hydrogen) atoms. The third-order valence-electron chi connectivity index (χ3n) is 1.80. The van der Waals surface area contributed by atoms with E-state index < -0.39 is 0 Å². The van der Waals surface area contributed by atoms with Gasteiger partial charge in [0, 0.05) is 18.1 Å². The molecule has 1 atom stereocenters. The monoisotopic (exact) mass is 137 g/mol. The first-order chi connectivity index (χ1) is 4.84. The Morgan fingerprint density at radius 2 is 2.50 bits per heavy atom. The number of hydrogen-bond acceptors (Lipinski definition) is 2. The summed E-state index contributed by atoms with van der Waals surface area (Å²) in [5.74, 6) is 0.291. The van der Waals surface area contributed by atoms with Crippen LogP contribution in [0.3, 0.4) is 0 Å². The molecule has 0 aromatic carbocycles. The van der Waals surface area contributed by atoms with E-state index in [0.29, 0.717) is 18.1 Å². The third-order valence-corrected chi connectivity index (χ3v) is 1.80. The van der Waals surface area contributed by atoms with Crippen LogP contribution in [-0.4, -0.2) is 13.2 Å². The summed E-state index contributed by atoms with van der Waals surface area (Å²) in [7, 11) is 0. The predicted octanol–water partition coefficient (Wildman–Crippen LogP) is 1.49. The van der Waals surface area contributed by atoms with Crippen LogP contribution in [0.4, 0.5) is 0 Å². The Bertz CT molecular complexity index is 163. The van der Waals surface area contributed by atoms with Crippen LogP contribution >= 0.6 is 0 Å². The summed E-state index contributed by atoms with van der Waals surface area (Å²) in [5.41, 5.74) is 0.666. The molecule has 2 nitrogen and oxygen atoms in total. The SMILES string of the molecule is C=C(C#N)C1CCCOC1. The topological polar surface area (TPSA) is 33.0 Å². The number of nitrogens with zero attached hydrogens (tertiary/aromatic N) is 1. The molecule has 1 saturated heterocycles. The maximum absolute atomic E-state index is 8.48. The van der Waals surface area contributed by atoms with Gasteiger partial charge in [-0.05, 0) is 12.8 Å². The van der Waals surface area contributed by atoms with E-state index in [0.717, 1.165) is 19.4 Å². The van der Waals surface area contributed by atoms with Gasteiger partial charge in [0.25, 0.3) is 0 Å². The molecule has 1 heterocycles. The molecule has 54 valence electrons. The van der Waals surface area contributed by atoms with E-state index in [-0.39, 0.29) is 0 Å². The maximum Gasteiger partial charge on any atom is 0.0944 e. The highest BCUT2D eigenvalue weighted by molar-refractivity contribution is 5.19. The minimum absolute atomic E-state index is 0.291. The van der Waals surface area contributed by atoms with E-state index in [1.54, 1.807) is 0 Å². The quantitative estimate of drug-likeness (QED) is 0.513. The van der Waals surface area contributed by atoms with Crippen molar-refractivity contribution < 1.29 is 4.74 Å². The molecule has 2 heteroatoms.